The Kier molecular flexibility index (Phi) is 5.46. The first-order chi connectivity index (χ1) is 12.0. The van der Waals surface area contributed by atoms with Gasteiger partial charge in [0.05, 0.1) is 0 Å². The van der Waals surface area contributed by atoms with Crippen LogP contribution in [0, 0.1) is 29.6 Å². The van der Waals surface area contributed by atoms with E-state index in [4.69, 9.17) is 0 Å². The van der Waals surface area contributed by atoms with E-state index in [0.717, 1.165) is 41.7 Å². The van der Waals surface area contributed by atoms with Crippen molar-refractivity contribution in [1.29, 1.82) is 0 Å². The maximum atomic E-state index is 2.83. The zero-order valence-electron chi connectivity index (χ0n) is 17.2. The Morgan fingerprint density at radius 1 is 0.760 bits per heavy atom. The molecule has 0 amide bonds. The van der Waals surface area contributed by atoms with Gasteiger partial charge in [-0.3, -0.25) is 4.90 Å². The molecular weight excluding hydrogens is 306 g/mol. The Labute approximate surface area is 156 Å². The van der Waals surface area contributed by atoms with Gasteiger partial charge in [-0.2, -0.15) is 0 Å². The Hall–Kier alpha value is -0.120. The molecule has 3 nitrogen and oxygen atoms in total. The Morgan fingerprint density at radius 3 is 1.92 bits per heavy atom. The predicted octanol–water partition coefficient (Wildman–Crippen LogP) is 3.41. The minimum atomic E-state index is 0.747. The maximum Gasteiger partial charge on any atom is 0.00957 e. The molecule has 1 saturated carbocycles. The molecule has 3 heteroatoms. The van der Waals surface area contributed by atoms with Gasteiger partial charge in [0.2, 0.25) is 0 Å². The molecule has 3 saturated heterocycles. The molecule has 0 aromatic heterocycles. The van der Waals surface area contributed by atoms with E-state index in [1.54, 1.807) is 0 Å². The smallest absolute Gasteiger partial charge is 0.00957 e. The number of nitrogens with zero attached hydrogens (tertiary/aromatic N) is 3. The first kappa shape index (κ1) is 18.3. The van der Waals surface area contributed by atoms with E-state index in [2.05, 4.69) is 42.4 Å². The Bertz CT molecular complexity index is 423. The summed E-state index contributed by atoms with van der Waals surface area (Å²) in [4.78, 5) is 8.18. The molecule has 4 fully saturated rings. The van der Waals surface area contributed by atoms with Gasteiger partial charge in [0.25, 0.3) is 0 Å². The first-order valence-electron chi connectivity index (χ1n) is 11.2. The van der Waals surface area contributed by atoms with E-state index in [1.807, 2.05) is 0 Å². The zero-order valence-corrected chi connectivity index (χ0v) is 17.2. The third kappa shape index (κ3) is 3.94. The summed E-state index contributed by atoms with van der Waals surface area (Å²) in [6.45, 7) is 19.2. The molecular formula is C22H41N3. The third-order valence-electron chi connectivity index (χ3n) is 8.02. The van der Waals surface area contributed by atoms with Gasteiger partial charge in [-0.25, -0.2) is 0 Å². The lowest BCUT2D eigenvalue weighted by atomic mass is 9.75. The van der Waals surface area contributed by atoms with E-state index in [-0.39, 0.29) is 0 Å². The summed E-state index contributed by atoms with van der Waals surface area (Å²) in [7, 11) is 0. The third-order valence-corrected chi connectivity index (χ3v) is 8.02. The highest BCUT2D eigenvalue weighted by atomic mass is 15.3. The molecule has 0 spiro atoms. The van der Waals surface area contributed by atoms with Crippen molar-refractivity contribution < 1.29 is 0 Å². The highest BCUT2D eigenvalue weighted by Crippen LogP contribution is 2.38. The molecule has 3 aliphatic heterocycles. The molecule has 25 heavy (non-hydrogen) atoms. The van der Waals surface area contributed by atoms with E-state index in [9.17, 15) is 0 Å². The first-order valence-corrected chi connectivity index (χ1v) is 11.2. The highest BCUT2D eigenvalue weighted by Gasteiger charge is 2.43. The van der Waals surface area contributed by atoms with Crippen molar-refractivity contribution in [2.45, 2.75) is 65.5 Å². The van der Waals surface area contributed by atoms with Gasteiger partial charge in [0.1, 0.15) is 0 Å². The minimum Gasteiger partial charge on any atom is -0.302 e. The molecule has 0 bridgehead atoms. The van der Waals surface area contributed by atoms with Crippen molar-refractivity contribution in [3.63, 3.8) is 0 Å². The largest absolute Gasteiger partial charge is 0.302 e. The second-order valence-electron chi connectivity index (χ2n) is 10.4. The summed E-state index contributed by atoms with van der Waals surface area (Å²) < 4.78 is 0. The van der Waals surface area contributed by atoms with Gasteiger partial charge in [0.15, 0.2) is 0 Å². The second-order valence-corrected chi connectivity index (χ2v) is 10.4. The number of hydrogen-bond acceptors (Lipinski definition) is 3. The van der Waals surface area contributed by atoms with Gasteiger partial charge >= 0.3 is 0 Å². The maximum absolute atomic E-state index is 2.83. The van der Waals surface area contributed by atoms with Crippen molar-refractivity contribution in [2.75, 3.05) is 45.8 Å². The SMILES string of the molecule is CC(C)C1CCC(N2CC(C3CN(CC4CN(C(C)C)C4)C3)C2)CC1. The van der Waals surface area contributed by atoms with Gasteiger partial charge < -0.3 is 9.80 Å². The fourth-order valence-corrected chi connectivity index (χ4v) is 5.85. The standard InChI is InChI=1S/C22H41N3/c1-16(2)19-5-7-22(8-6-19)25-14-21(15-25)20-12-23(13-20)9-18-10-24(11-18)17(3)4/h16-22H,5-15H2,1-4H3. The quantitative estimate of drug-likeness (QED) is 0.729. The summed E-state index contributed by atoms with van der Waals surface area (Å²) in [6, 6.07) is 1.68. The summed E-state index contributed by atoms with van der Waals surface area (Å²) in [5.41, 5.74) is 0. The van der Waals surface area contributed by atoms with Gasteiger partial charge in [-0.15, -0.1) is 0 Å². The molecule has 0 radical (unpaired) electrons. The van der Waals surface area contributed by atoms with Crippen molar-refractivity contribution in [3.05, 3.63) is 0 Å². The van der Waals surface area contributed by atoms with E-state index in [0.29, 0.717) is 0 Å². The van der Waals surface area contributed by atoms with E-state index >= 15 is 0 Å². The monoisotopic (exact) mass is 347 g/mol. The van der Waals surface area contributed by atoms with Crippen LogP contribution in [-0.4, -0.2) is 72.6 Å². The number of likely N-dealkylation sites (tertiary alicyclic amines) is 3. The highest BCUT2D eigenvalue weighted by molar-refractivity contribution is 4.97. The molecule has 0 aromatic rings. The summed E-state index contributed by atoms with van der Waals surface area (Å²) in [6.07, 6.45) is 5.91. The topological polar surface area (TPSA) is 9.72 Å². The lowest BCUT2D eigenvalue weighted by Gasteiger charge is -2.55. The Balaban J connectivity index is 1.09. The van der Waals surface area contributed by atoms with Gasteiger partial charge in [-0.1, -0.05) is 13.8 Å². The number of hydrogen-bond donors (Lipinski definition) is 0. The van der Waals surface area contributed by atoms with Crippen LogP contribution in [0.3, 0.4) is 0 Å². The lowest BCUT2D eigenvalue weighted by molar-refractivity contribution is -0.0628. The summed E-state index contributed by atoms with van der Waals surface area (Å²) in [5.74, 6) is 4.90. The number of rotatable bonds is 6. The van der Waals surface area contributed by atoms with Gasteiger partial charge in [-0.05, 0) is 69.1 Å². The molecule has 0 atom stereocenters. The van der Waals surface area contributed by atoms with Crippen molar-refractivity contribution >= 4 is 0 Å². The molecule has 144 valence electrons. The normalized spacial score (nSPS) is 34.3. The van der Waals surface area contributed by atoms with Crippen LogP contribution in [0.4, 0.5) is 0 Å². The molecule has 3 heterocycles. The molecule has 0 unspecified atom stereocenters. The van der Waals surface area contributed by atoms with Crippen LogP contribution >= 0.6 is 0 Å². The van der Waals surface area contributed by atoms with Crippen molar-refractivity contribution in [3.8, 4) is 0 Å². The van der Waals surface area contributed by atoms with Crippen LogP contribution in [0.1, 0.15) is 53.4 Å². The van der Waals surface area contributed by atoms with Crippen LogP contribution in [-0.2, 0) is 0 Å². The Morgan fingerprint density at radius 2 is 1.36 bits per heavy atom. The van der Waals surface area contributed by atoms with Crippen molar-refractivity contribution in [2.24, 2.45) is 29.6 Å². The average molecular weight is 348 g/mol. The van der Waals surface area contributed by atoms with Crippen LogP contribution < -0.4 is 0 Å². The molecule has 0 aromatic carbocycles. The van der Waals surface area contributed by atoms with Crippen LogP contribution in [0.2, 0.25) is 0 Å². The molecule has 0 N–H and O–H groups in total. The van der Waals surface area contributed by atoms with Crippen LogP contribution in [0.5, 0.6) is 0 Å². The molecule has 4 aliphatic rings. The molecule has 4 rings (SSSR count). The molecule has 1 aliphatic carbocycles. The van der Waals surface area contributed by atoms with Gasteiger partial charge in [0, 0.05) is 57.9 Å². The predicted molar refractivity (Wildman–Crippen MR) is 106 cm³/mol. The van der Waals surface area contributed by atoms with Crippen LogP contribution in [0.25, 0.3) is 0 Å². The zero-order chi connectivity index (χ0) is 17.6. The fraction of sp³-hybridized carbons (Fsp3) is 1.00. The summed E-state index contributed by atoms with van der Waals surface area (Å²) >= 11 is 0. The summed E-state index contributed by atoms with van der Waals surface area (Å²) in [5, 5.41) is 0. The van der Waals surface area contributed by atoms with E-state index in [1.165, 1.54) is 71.5 Å². The fourth-order valence-electron chi connectivity index (χ4n) is 5.85. The second kappa shape index (κ2) is 7.48. The van der Waals surface area contributed by atoms with E-state index < -0.39 is 0 Å². The van der Waals surface area contributed by atoms with Crippen LogP contribution in [0.15, 0.2) is 0 Å². The van der Waals surface area contributed by atoms with Crippen molar-refractivity contribution in [1.82, 2.24) is 14.7 Å². The average Bonchev–Trinajstić information content (AvgIpc) is 2.44. The lowest BCUT2D eigenvalue weighted by Crippen LogP contribution is -2.63. The minimum absolute atomic E-state index is 0.747.